The molecule has 0 radical (unpaired) electrons. The molecule has 3 aromatic rings. The van der Waals surface area contributed by atoms with E-state index in [4.69, 9.17) is 9.26 Å². The zero-order valence-corrected chi connectivity index (χ0v) is 15.5. The Hall–Kier alpha value is -2.60. The van der Waals surface area contributed by atoms with Gasteiger partial charge in [0.2, 0.25) is 0 Å². The van der Waals surface area contributed by atoms with Crippen LogP contribution in [-0.4, -0.2) is 11.2 Å². The van der Waals surface area contributed by atoms with Crippen molar-refractivity contribution in [3.63, 3.8) is 0 Å². The van der Waals surface area contributed by atoms with Crippen molar-refractivity contribution in [3.05, 3.63) is 69.9 Å². The molecule has 25 heavy (non-hydrogen) atoms. The van der Waals surface area contributed by atoms with Crippen molar-refractivity contribution in [2.75, 3.05) is 5.32 Å². The summed E-state index contributed by atoms with van der Waals surface area (Å²) in [6.07, 6.45) is 0.848. The topological polar surface area (TPSA) is 64.4 Å². The lowest BCUT2D eigenvalue weighted by atomic mass is 9.99. The lowest BCUT2D eigenvalue weighted by Crippen LogP contribution is -2.13. The van der Waals surface area contributed by atoms with Crippen molar-refractivity contribution in [1.82, 2.24) is 5.16 Å². The monoisotopic (exact) mass is 400 g/mol. The van der Waals surface area contributed by atoms with Gasteiger partial charge in [0.25, 0.3) is 0 Å². The van der Waals surface area contributed by atoms with Crippen molar-refractivity contribution in [2.24, 2.45) is 0 Å². The summed E-state index contributed by atoms with van der Waals surface area (Å²) < 4.78 is 11.3. The van der Waals surface area contributed by atoms with E-state index in [0.717, 1.165) is 26.7 Å². The molecule has 0 fully saturated rings. The van der Waals surface area contributed by atoms with E-state index in [1.807, 2.05) is 56.3 Å². The Morgan fingerprint density at radius 1 is 1.16 bits per heavy atom. The van der Waals surface area contributed by atoms with Gasteiger partial charge in [-0.2, -0.15) is 0 Å². The number of benzene rings is 2. The van der Waals surface area contributed by atoms with Crippen LogP contribution in [0.25, 0.3) is 11.3 Å². The minimum Gasteiger partial charge on any atom is -0.444 e. The van der Waals surface area contributed by atoms with E-state index in [9.17, 15) is 4.79 Å². The first-order chi connectivity index (χ1) is 12.0. The van der Waals surface area contributed by atoms with Crippen molar-refractivity contribution >= 4 is 27.7 Å². The average Bonchev–Trinajstić information content (AvgIpc) is 3.02. The van der Waals surface area contributed by atoms with Crippen molar-refractivity contribution < 1.29 is 14.1 Å². The number of aryl methyl sites for hydroxylation is 2. The summed E-state index contributed by atoms with van der Waals surface area (Å²) in [5.74, 6) is 0. The Balaban J connectivity index is 1.71. The van der Waals surface area contributed by atoms with Crippen LogP contribution in [0, 0.1) is 13.8 Å². The number of ether oxygens (including phenoxy) is 1. The number of carbonyl (C=O) groups excluding carboxylic acids is 1. The van der Waals surface area contributed by atoms with Gasteiger partial charge in [0.15, 0.2) is 0 Å². The quantitative estimate of drug-likeness (QED) is 0.630. The van der Waals surface area contributed by atoms with Gasteiger partial charge in [-0.15, -0.1) is 0 Å². The molecule has 1 aromatic heterocycles. The summed E-state index contributed by atoms with van der Waals surface area (Å²) >= 11 is 3.37. The first kappa shape index (κ1) is 17.2. The Labute approximate surface area is 154 Å². The van der Waals surface area contributed by atoms with E-state index in [0.29, 0.717) is 11.4 Å². The number of nitrogens with zero attached hydrogens (tertiary/aromatic N) is 1. The molecule has 1 amide bonds. The fourth-order valence-electron chi connectivity index (χ4n) is 2.57. The molecule has 0 spiro atoms. The Morgan fingerprint density at radius 2 is 1.84 bits per heavy atom. The number of hydrogen-bond acceptors (Lipinski definition) is 4. The molecule has 128 valence electrons. The second-order valence-electron chi connectivity index (χ2n) is 5.67. The first-order valence-electron chi connectivity index (χ1n) is 7.74. The highest BCUT2D eigenvalue weighted by molar-refractivity contribution is 9.10. The van der Waals surface area contributed by atoms with Gasteiger partial charge < -0.3 is 9.26 Å². The maximum absolute atomic E-state index is 12.1. The molecule has 0 aliphatic heterocycles. The van der Waals surface area contributed by atoms with E-state index in [1.54, 1.807) is 0 Å². The fourth-order valence-corrected chi connectivity index (χ4v) is 2.83. The predicted molar refractivity (Wildman–Crippen MR) is 99.4 cm³/mol. The van der Waals surface area contributed by atoms with Crippen LogP contribution in [0.3, 0.4) is 0 Å². The normalized spacial score (nSPS) is 10.5. The molecule has 0 bridgehead atoms. The van der Waals surface area contributed by atoms with Gasteiger partial charge in [-0.25, -0.2) is 4.79 Å². The SMILES string of the molecule is Cc1cccc(C)c1-c1nocc1NC(=O)OCc1ccc(Br)cc1. The summed E-state index contributed by atoms with van der Waals surface area (Å²) in [6.45, 7) is 4.17. The van der Waals surface area contributed by atoms with Gasteiger partial charge in [0.05, 0.1) is 0 Å². The summed E-state index contributed by atoms with van der Waals surface area (Å²) in [6, 6.07) is 13.5. The van der Waals surface area contributed by atoms with Gasteiger partial charge in [0.1, 0.15) is 24.3 Å². The van der Waals surface area contributed by atoms with Crippen molar-refractivity contribution in [3.8, 4) is 11.3 Å². The average molecular weight is 401 g/mol. The van der Waals surface area contributed by atoms with Gasteiger partial charge in [-0.05, 0) is 42.7 Å². The number of aromatic nitrogens is 1. The lowest BCUT2D eigenvalue weighted by Gasteiger charge is -2.10. The highest BCUT2D eigenvalue weighted by Crippen LogP contribution is 2.31. The van der Waals surface area contributed by atoms with Crippen LogP contribution >= 0.6 is 15.9 Å². The zero-order valence-electron chi connectivity index (χ0n) is 13.9. The largest absolute Gasteiger partial charge is 0.444 e. The number of nitrogens with one attached hydrogen (secondary N) is 1. The van der Waals surface area contributed by atoms with Crippen LogP contribution in [0.4, 0.5) is 10.5 Å². The smallest absolute Gasteiger partial charge is 0.412 e. The van der Waals surface area contributed by atoms with Crippen molar-refractivity contribution in [2.45, 2.75) is 20.5 Å². The Kier molecular flexibility index (Phi) is 5.19. The summed E-state index contributed by atoms with van der Waals surface area (Å²) in [4.78, 5) is 12.1. The molecule has 2 aromatic carbocycles. The van der Waals surface area contributed by atoms with Crippen LogP contribution in [-0.2, 0) is 11.3 Å². The van der Waals surface area contributed by atoms with Crippen LogP contribution in [0.15, 0.2) is 57.7 Å². The standard InChI is InChI=1S/C19H17BrN2O3/c1-12-4-3-5-13(2)17(12)18-16(11-25-22-18)21-19(23)24-10-14-6-8-15(20)9-7-14/h3-9,11H,10H2,1-2H3,(H,21,23). The Bertz CT molecular complexity index is 868. The summed E-state index contributed by atoms with van der Waals surface area (Å²) in [5.41, 5.74) is 5.04. The minimum atomic E-state index is -0.557. The number of amides is 1. The maximum Gasteiger partial charge on any atom is 0.412 e. The van der Waals surface area contributed by atoms with Gasteiger partial charge in [0, 0.05) is 10.0 Å². The fraction of sp³-hybridized carbons (Fsp3) is 0.158. The molecule has 0 unspecified atom stereocenters. The molecular formula is C19H17BrN2O3. The zero-order chi connectivity index (χ0) is 17.8. The number of anilines is 1. The van der Waals surface area contributed by atoms with Gasteiger partial charge >= 0.3 is 6.09 Å². The number of carbonyl (C=O) groups is 1. The second kappa shape index (κ2) is 7.53. The highest BCUT2D eigenvalue weighted by atomic mass is 79.9. The van der Waals surface area contributed by atoms with E-state index in [-0.39, 0.29) is 6.61 Å². The van der Waals surface area contributed by atoms with E-state index < -0.39 is 6.09 Å². The van der Waals surface area contributed by atoms with Gasteiger partial charge in [-0.3, -0.25) is 5.32 Å². The molecule has 0 aliphatic carbocycles. The molecule has 3 rings (SSSR count). The lowest BCUT2D eigenvalue weighted by molar-refractivity contribution is 0.155. The molecule has 0 saturated heterocycles. The van der Waals surface area contributed by atoms with E-state index in [2.05, 4.69) is 26.4 Å². The molecule has 6 heteroatoms. The first-order valence-corrected chi connectivity index (χ1v) is 8.53. The number of rotatable bonds is 4. The molecule has 5 nitrogen and oxygen atoms in total. The van der Waals surface area contributed by atoms with Crippen LogP contribution in [0.5, 0.6) is 0 Å². The molecule has 0 atom stereocenters. The van der Waals surface area contributed by atoms with E-state index >= 15 is 0 Å². The number of halogens is 1. The highest BCUT2D eigenvalue weighted by Gasteiger charge is 2.17. The third-order valence-corrected chi connectivity index (χ3v) is 4.34. The summed E-state index contributed by atoms with van der Waals surface area (Å²) in [7, 11) is 0. The maximum atomic E-state index is 12.1. The third kappa shape index (κ3) is 4.09. The van der Waals surface area contributed by atoms with Crippen LogP contribution in [0.2, 0.25) is 0 Å². The molecule has 1 heterocycles. The molecular weight excluding hydrogens is 384 g/mol. The second-order valence-corrected chi connectivity index (χ2v) is 6.59. The summed E-state index contributed by atoms with van der Waals surface area (Å²) in [5, 5.41) is 6.74. The molecule has 0 saturated carbocycles. The minimum absolute atomic E-state index is 0.184. The van der Waals surface area contributed by atoms with Crippen LogP contribution < -0.4 is 5.32 Å². The molecule has 1 N–H and O–H groups in total. The van der Waals surface area contributed by atoms with Crippen LogP contribution in [0.1, 0.15) is 16.7 Å². The van der Waals surface area contributed by atoms with Crippen molar-refractivity contribution in [1.29, 1.82) is 0 Å². The third-order valence-electron chi connectivity index (χ3n) is 3.81. The predicted octanol–water partition coefficient (Wildman–Crippen LogP) is 5.47. The van der Waals surface area contributed by atoms with Gasteiger partial charge in [-0.1, -0.05) is 51.4 Å². The molecule has 0 aliphatic rings. The van der Waals surface area contributed by atoms with E-state index in [1.165, 1.54) is 6.26 Å². The Morgan fingerprint density at radius 3 is 2.52 bits per heavy atom. The number of hydrogen-bond donors (Lipinski definition) is 1.